The molecular formula is C14H16N2O5. The van der Waals surface area contributed by atoms with Crippen molar-refractivity contribution < 1.29 is 19.0 Å². The average molecular weight is 292 g/mol. The van der Waals surface area contributed by atoms with Crippen molar-refractivity contribution in [2.24, 2.45) is 0 Å². The molecule has 1 aromatic carbocycles. The van der Waals surface area contributed by atoms with Crippen LogP contribution in [0.5, 0.6) is 11.5 Å². The van der Waals surface area contributed by atoms with E-state index >= 15 is 0 Å². The number of ether oxygens (including phenoxy) is 3. The van der Waals surface area contributed by atoms with Crippen LogP contribution in [0.1, 0.15) is 5.56 Å². The van der Waals surface area contributed by atoms with E-state index in [4.69, 9.17) is 9.47 Å². The topological polar surface area (TPSA) is 89.7 Å². The third-order valence-corrected chi connectivity index (χ3v) is 3.03. The van der Waals surface area contributed by atoms with Gasteiger partial charge in [-0.1, -0.05) is 0 Å². The molecule has 0 spiro atoms. The number of nitrogens with one attached hydrogen (secondary N) is 2. The minimum atomic E-state index is -0.596. The van der Waals surface area contributed by atoms with E-state index in [9.17, 15) is 9.59 Å². The minimum Gasteiger partial charge on any atom is -0.493 e. The number of aromatic amines is 1. The Labute approximate surface area is 120 Å². The van der Waals surface area contributed by atoms with Crippen LogP contribution in [-0.2, 0) is 11.3 Å². The van der Waals surface area contributed by atoms with Gasteiger partial charge in [-0.05, 0) is 12.1 Å². The number of hydrogen-bond donors (Lipinski definition) is 2. The third-order valence-electron chi connectivity index (χ3n) is 3.03. The zero-order valence-corrected chi connectivity index (χ0v) is 12.0. The second-order valence-electron chi connectivity index (χ2n) is 4.26. The molecule has 7 heteroatoms. The van der Waals surface area contributed by atoms with Gasteiger partial charge in [0.15, 0.2) is 11.5 Å². The fourth-order valence-corrected chi connectivity index (χ4v) is 1.95. The number of amides is 1. The Balaban J connectivity index is 2.44. The van der Waals surface area contributed by atoms with E-state index in [-0.39, 0.29) is 12.1 Å². The van der Waals surface area contributed by atoms with Gasteiger partial charge in [-0.25, -0.2) is 4.79 Å². The van der Waals surface area contributed by atoms with Gasteiger partial charge in [-0.2, -0.15) is 0 Å². The number of methoxy groups -OCH3 is 3. The molecule has 0 unspecified atom stereocenters. The van der Waals surface area contributed by atoms with Crippen molar-refractivity contribution in [3.05, 3.63) is 34.1 Å². The fourth-order valence-electron chi connectivity index (χ4n) is 1.95. The third kappa shape index (κ3) is 3.07. The molecule has 0 saturated heterocycles. The average Bonchev–Trinajstić information content (AvgIpc) is 2.51. The van der Waals surface area contributed by atoms with Crippen molar-refractivity contribution in [2.45, 2.75) is 6.54 Å². The molecule has 0 radical (unpaired) electrons. The summed E-state index contributed by atoms with van der Waals surface area (Å²) in [5, 5.41) is 3.24. The monoisotopic (exact) mass is 292 g/mol. The van der Waals surface area contributed by atoms with Gasteiger partial charge in [0.2, 0.25) is 0 Å². The van der Waals surface area contributed by atoms with E-state index in [1.54, 1.807) is 18.2 Å². The molecule has 1 heterocycles. The highest BCUT2D eigenvalue weighted by Gasteiger charge is 2.10. The van der Waals surface area contributed by atoms with E-state index in [2.05, 4.69) is 15.0 Å². The molecule has 1 amide bonds. The molecule has 7 nitrogen and oxygen atoms in total. The lowest BCUT2D eigenvalue weighted by Crippen LogP contribution is -2.26. The Morgan fingerprint density at radius 1 is 1.14 bits per heavy atom. The van der Waals surface area contributed by atoms with Crippen LogP contribution in [0.3, 0.4) is 0 Å². The summed E-state index contributed by atoms with van der Waals surface area (Å²) in [7, 11) is 4.32. The summed E-state index contributed by atoms with van der Waals surface area (Å²) < 4.78 is 14.9. The lowest BCUT2D eigenvalue weighted by Gasteiger charge is -2.10. The lowest BCUT2D eigenvalue weighted by molar-refractivity contribution is 0.170. The maximum atomic E-state index is 12.0. The number of aromatic nitrogens is 1. The van der Waals surface area contributed by atoms with Crippen LogP contribution in [-0.4, -0.2) is 32.4 Å². The Bertz CT molecular complexity index is 723. The molecule has 0 aliphatic rings. The first-order valence-corrected chi connectivity index (χ1v) is 6.18. The minimum absolute atomic E-state index is 0.0757. The normalized spacial score (nSPS) is 10.2. The summed E-state index contributed by atoms with van der Waals surface area (Å²) in [6.07, 6.45) is -0.596. The molecule has 112 valence electrons. The van der Waals surface area contributed by atoms with E-state index in [1.165, 1.54) is 21.3 Å². The van der Waals surface area contributed by atoms with Crippen molar-refractivity contribution in [3.63, 3.8) is 0 Å². The molecule has 21 heavy (non-hydrogen) atoms. The maximum absolute atomic E-state index is 12.0. The second-order valence-corrected chi connectivity index (χ2v) is 4.26. The van der Waals surface area contributed by atoms with Crippen LogP contribution in [0.2, 0.25) is 0 Å². The van der Waals surface area contributed by atoms with Crippen LogP contribution < -0.4 is 20.3 Å². The van der Waals surface area contributed by atoms with Crippen molar-refractivity contribution in [1.82, 2.24) is 10.3 Å². The first kappa shape index (κ1) is 14.7. The maximum Gasteiger partial charge on any atom is 0.407 e. The molecule has 0 aliphatic carbocycles. The first-order chi connectivity index (χ1) is 10.1. The molecule has 0 saturated carbocycles. The number of carbonyl (C=O) groups is 1. The predicted molar refractivity (Wildman–Crippen MR) is 76.9 cm³/mol. The Morgan fingerprint density at radius 3 is 2.43 bits per heavy atom. The number of fused-ring (bicyclic) bond motifs is 1. The zero-order chi connectivity index (χ0) is 15.4. The summed E-state index contributed by atoms with van der Waals surface area (Å²) in [6, 6.07) is 5.13. The van der Waals surface area contributed by atoms with Crippen LogP contribution in [0.15, 0.2) is 23.0 Å². The number of carbonyl (C=O) groups excluding carboxylic acids is 1. The van der Waals surface area contributed by atoms with Gasteiger partial charge in [0.05, 0.1) is 33.4 Å². The van der Waals surface area contributed by atoms with Gasteiger partial charge in [-0.3, -0.25) is 4.79 Å². The van der Waals surface area contributed by atoms with E-state index in [0.29, 0.717) is 22.6 Å². The lowest BCUT2D eigenvalue weighted by atomic mass is 10.1. The number of alkyl carbamates (subject to hydrolysis) is 1. The van der Waals surface area contributed by atoms with E-state index < -0.39 is 6.09 Å². The van der Waals surface area contributed by atoms with Gasteiger partial charge >= 0.3 is 6.09 Å². The second kappa shape index (κ2) is 6.17. The Kier molecular flexibility index (Phi) is 4.32. The molecule has 0 fully saturated rings. The molecule has 2 rings (SSSR count). The van der Waals surface area contributed by atoms with E-state index in [1.807, 2.05) is 0 Å². The molecule has 0 aliphatic heterocycles. The number of H-pyrrole nitrogens is 1. The summed E-state index contributed by atoms with van der Waals surface area (Å²) in [6.45, 7) is 0.0757. The highest BCUT2D eigenvalue weighted by atomic mass is 16.5. The molecule has 2 aromatic rings. The van der Waals surface area contributed by atoms with Crippen molar-refractivity contribution in [3.8, 4) is 11.5 Å². The smallest absolute Gasteiger partial charge is 0.407 e. The van der Waals surface area contributed by atoms with Crippen LogP contribution in [0.4, 0.5) is 4.79 Å². The number of hydrogen-bond acceptors (Lipinski definition) is 5. The van der Waals surface area contributed by atoms with Crippen molar-refractivity contribution >= 4 is 17.0 Å². The quantitative estimate of drug-likeness (QED) is 0.889. The zero-order valence-electron chi connectivity index (χ0n) is 12.0. The molecule has 2 N–H and O–H groups in total. The van der Waals surface area contributed by atoms with Gasteiger partial charge in [0.1, 0.15) is 0 Å². The Hall–Kier alpha value is -2.70. The Morgan fingerprint density at radius 2 is 1.81 bits per heavy atom. The molecule has 1 aromatic heterocycles. The van der Waals surface area contributed by atoms with E-state index in [0.717, 1.165) is 5.39 Å². The molecule has 0 bridgehead atoms. The van der Waals surface area contributed by atoms with Crippen LogP contribution in [0.25, 0.3) is 10.9 Å². The number of pyridine rings is 1. The van der Waals surface area contributed by atoms with Gasteiger partial charge in [0.25, 0.3) is 5.56 Å². The number of benzene rings is 1. The van der Waals surface area contributed by atoms with Crippen LogP contribution in [0, 0.1) is 0 Å². The first-order valence-electron chi connectivity index (χ1n) is 6.18. The van der Waals surface area contributed by atoms with Crippen molar-refractivity contribution in [1.29, 1.82) is 0 Å². The molecule has 0 atom stereocenters. The fraction of sp³-hybridized carbons (Fsp3) is 0.286. The molecular weight excluding hydrogens is 276 g/mol. The SMILES string of the molecule is COC(=O)NCc1cc2cc(OC)c(OC)cc2[nH]c1=O. The summed E-state index contributed by atoms with van der Waals surface area (Å²) in [4.78, 5) is 25.8. The standard InChI is InChI=1S/C14H16N2O5/c1-19-11-5-8-4-9(7-15-14(18)21-3)13(17)16-10(8)6-12(11)20-2/h4-6H,7H2,1-3H3,(H,15,18)(H,16,17). The summed E-state index contributed by atoms with van der Waals surface area (Å²) in [5.41, 5.74) is 0.755. The summed E-state index contributed by atoms with van der Waals surface area (Å²) >= 11 is 0. The van der Waals surface area contributed by atoms with Gasteiger partial charge in [0, 0.05) is 17.0 Å². The predicted octanol–water partition coefficient (Wildman–Crippen LogP) is 1.40. The van der Waals surface area contributed by atoms with Gasteiger partial charge < -0.3 is 24.5 Å². The van der Waals surface area contributed by atoms with Gasteiger partial charge in [-0.15, -0.1) is 0 Å². The highest BCUT2D eigenvalue weighted by molar-refractivity contribution is 5.83. The highest BCUT2D eigenvalue weighted by Crippen LogP contribution is 2.30. The van der Waals surface area contributed by atoms with Crippen LogP contribution >= 0.6 is 0 Å². The number of rotatable bonds is 4. The van der Waals surface area contributed by atoms with Crippen molar-refractivity contribution in [2.75, 3.05) is 21.3 Å². The largest absolute Gasteiger partial charge is 0.493 e. The summed E-state index contributed by atoms with van der Waals surface area (Å²) in [5.74, 6) is 1.09.